The molecule has 2 aliphatic heterocycles. The molecular weight excluding hydrogens is 432 g/mol. The van der Waals surface area contributed by atoms with Gasteiger partial charge in [-0.2, -0.15) is 4.31 Å². The number of alkyl carbamates (subject to hydrolysis) is 1. The van der Waals surface area contributed by atoms with Crippen LogP contribution in [0.2, 0.25) is 0 Å². The number of nitrogens with one attached hydrogen (secondary N) is 1. The first-order valence-electron chi connectivity index (χ1n) is 10.9. The quantitative estimate of drug-likeness (QED) is 0.731. The number of likely N-dealkylation sites (tertiary alicyclic amines) is 1. The summed E-state index contributed by atoms with van der Waals surface area (Å²) in [4.78, 5) is 28.9. The van der Waals surface area contributed by atoms with Crippen molar-refractivity contribution in [3.63, 3.8) is 0 Å². The monoisotopic (exact) mass is 466 g/mol. The van der Waals surface area contributed by atoms with E-state index < -0.39 is 21.7 Å². The summed E-state index contributed by atoms with van der Waals surface area (Å²) in [5, 5.41) is 2.86. The zero-order valence-corrected chi connectivity index (χ0v) is 20.1. The second kappa shape index (κ2) is 9.66. The van der Waals surface area contributed by atoms with Gasteiger partial charge in [0.1, 0.15) is 5.60 Å². The molecule has 0 saturated carbocycles. The number of piperazine rings is 1. The predicted molar refractivity (Wildman–Crippen MR) is 122 cm³/mol. The maximum atomic E-state index is 13.2. The Bertz CT molecular complexity index is 908. The summed E-state index contributed by atoms with van der Waals surface area (Å²) in [6.07, 6.45) is 0.725. The summed E-state index contributed by atoms with van der Waals surface area (Å²) in [5.74, 6) is 0.138. The molecule has 178 valence electrons. The van der Waals surface area contributed by atoms with Crippen molar-refractivity contribution >= 4 is 22.1 Å². The van der Waals surface area contributed by atoms with Gasteiger partial charge in [-0.05, 0) is 26.3 Å². The summed E-state index contributed by atoms with van der Waals surface area (Å²) < 4.78 is 30.2. The van der Waals surface area contributed by atoms with E-state index in [1.807, 2.05) is 56.0 Å². The molecule has 2 atom stereocenters. The van der Waals surface area contributed by atoms with Crippen LogP contribution in [0.1, 0.15) is 32.3 Å². The molecular formula is C22H34N4O5S. The van der Waals surface area contributed by atoms with E-state index in [1.165, 1.54) is 10.6 Å². The van der Waals surface area contributed by atoms with Crippen molar-refractivity contribution in [3.8, 4) is 0 Å². The number of rotatable bonds is 4. The average molecular weight is 467 g/mol. The summed E-state index contributed by atoms with van der Waals surface area (Å²) in [6, 6.07) is 9.91. The molecule has 2 heterocycles. The Balaban J connectivity index is 1.65. The van der Waals surface area contributed by atoms with E-state index >= 15 is 0 Å². The summed E-state index contributed by atoms with van der Waals surface area (Å²) >= 11 is 0. The lowest BCUT2D eigenvalue weighted by Crippen LogP contribution is -2.53. The second-order valence-electron chi connectivity index (χ2n) is 9.50. The van der Waals surface area contributed by atoms with Crippen molar-refractivity contribution in [1.82, 2.24) is 19.4 Å². The molecule has 32 heavy (non-hydrogen) atoms. The second-order valence-corrected chi connectivity index (χ2v) is 11.5. The number of carbonyl (C=O) groups excluding carboxylic acids is 2. The fraction of sp³-hybridized carbons (Fsp3) is 0.636. The zero-order valence-electron chi connectivity index (χ0n) is 19.3. The van der Waals surface area contributed by atoms with Crippen LogP contribution in [0.15, 0.2) is 30.3 Å². The SMILES string of the molecule is CC(C)(C)OC(=O)NC[C@H]1CN(C(=O)N2CCN(S(C)(=O)=O)CC2)C[C@H]1c1ccccc1. The van der Waals surface area contributed by atoms with E-state index in [0.717, 1.165) is 5.56 Å². The molecule has 3 rings (SSSR count). The van der Waals surface area contributed by atoms with Crippen molar-refractivity contribution < 1.29 is 22.7 Å². The van der Waals surface area contributed by atoms with Crippen LogP contribution in [0.25, 0.3) is 0 Å². The predicted octanol–water partition coefficient (Wildman–Crippen LogP) is 1.92. The standard InChI is InChI=1S/C22H34N4O5S/c1-22(2,3)31-20(27)23-14-18-15-25(16-19(18)17-8-6-5-7-9-17)21(28)24-10-12-26(13-11-24)32(4,29)30/h5-9,18-19H,10-16H2,1-4H3,(H,23,27)/t18-,19-/m0/s1. The Labute approximate surface area is 190 Å². The van der Waals surface area contributed by atoms with Crippen molar-refractivity contribution in [3.05, 3.63) is 35.9 Å². The summed E-state index contributed by atoms with van der Waals surface area (Å²) in [6.45, 7) is 8.29. The highest BCUT2D eigenvalue weighted by Gasteiger charge is 2.39. The lowest BCUT2D eigenvalue weighted by Gasteiger charge is -2.35. The number of ether oxygens (including phenoxy) is 1. The molecule has 9 nitrogen and oxygen atoms in total. The van der Waals surface area contributed by atoms with Crippen molar-refractivity contribution in [2.24, 2.45) is 5.92 Å². The Hall–Kier alpha value is -2.33. The largest absolute Gasteiger partial charge is 0.444 e. The van der Waals surface area contributed by atoms with Gasteiger partial charge in [0.05, 0.1) is 6.26 Å². The molecule has 0 aliphatic carbocycles. The Morgan fingerprint density at radius 3 is 2.22 bits per heavy atom. The lowest BCUT2D eigenvalue weighted by molar-refractivity contribution is 0.0519. The number of hydrogen-bond donors (Lipinski definition) is 1. The van der Waals surface area contributed by atoms with Crippen LogP contribution in [0.4, 0.5) is 9.59 Å². The first kappa shape index (κ1) is 24.3. The number of amides is 3. The molecule has 1 aromatic carbocycles. The van der Waals surface area contributed by atoms with Gasteiger partial charge in [0, 0.05) is 57.6 Å². The fourth-order valence-corrected chi connectivity index (χ4v) is 5.08. The van der Waals surface area contributed by atoms with E-state index in [2.05, 4.69) is 5.32 Å². The van der Waals surface area contributed by atoms with Gasteiger partial charge in [0.25, 0.3) is 0 Å². The van der Waals surface area contributed by atoms with Crippen molar-refractivity contribution in [2.75, 3.05) is 52.1 Å². The molecule has 0 radical (unpaired) electrons. The van der Waals surface area contributed by atoms with E-state index in [0.29, 0.717) is 45.8 Å². The minimum Gasteiger partial charge on any atom is -0.444 e. The normalized spacial score (nSPS) is 22.6. The topological polar surface area (TPSA) is 99.3 Å². The first-order chi connectivity index (χ1) is 14.9. The molecule has 1 aromatic rings. The molecule has 2 saturated heterocycles. The van der Waals surface area contributed by atoms with Gasteiger partial charge in [-0.25, -0.2) is 18.0 Å². The van der Waals surface area contributed by atoms with Gasteiger partial charge in [-0.1, -0.05) is 30.3 Å². The van der Waals surface area contributed by atoms with Gasteiger partial charge in [-0.15, -0.1) is 0 Å². The number of urea groups is 1. The van der Waals surface area contributed by atoms with Crippen LogP contribution in [-0.2, 0) is 14.8 Å². The lowest BCUT2D eigenvalue weighted by atomic mass is 9.89. The van der Waals surface area contributed by atoms with Gasteiger partial charge < -0.3 is 19.9 Å². The van der Waals surface area contributed by atoms with Gasteiger partial charge in [0.15, 0.2) is 0 Å². The van der Waals surface area contributed by atoms with Gasteiger partial charge in [0.2, 0.25) is 10.0 Å². The van der Waals surface area contributed by atoms with E-state index in [4.69, 9.17) is 4.74 Å². The number of carbonyl (C=O) groups is 2. The molecule has 10 heteroatoms. The molecule has 1 N–H and O–H groups in total. The van der Waals surface area contributed by atoms with Gasteiger partial charge in [-0.3, -0.25) is 0 Å². The van der Waals surface area contributed by atoms with Crippen molar-refractivity contribution in [2.45, 2.75) is 32.3 Å². The van der Waals surface area contributed by atoms with Crippen LogP contribution in [0.5, 0.6) is 0 Å². The van der Waals surface area contributed by atoms with Crippen LogP contribution in [-0.4, -0.2) is 92.3 Å². The Kier molecular flexibility index (Phi) is 7.34. The molecule has 3 amide bonds. The zero-order chi connectivity index (χ0) is 23.5. The highest BCUT2D eigenvalue weighted by Crippen LogP contribution is 2.33. The van der Waals surface area contributed by atoms with Gasteiger partial charge >= 0.3 is 12.1 Å². The average Bonchev–Trinajstić information content (AvgIpc) is 3.15. The molecule has 2 fully saturated rings. The Morgan fingerprint density at radius 2 is 1.66 bits per heavy atom. The fourth-order valence-electron chi connectivity index (χ4n) is 4.25. The smallest absolute Gasteiger partial charge is 0.407 e. The minimum absolute atomic E-state index is 0.0474. The number of benzene rings is 1. The van der Waals surface area contributed by atoms with E-state index in [-0.39, 0.29) is 17.9 Å². The summed E-state index contributed by atoms with van der Waals surface area (Å²) in [5.41, 5.74) is 0.551. The van der Waals surface area contributed by atoms with Crippen LogP contribution in [0.3, 0.4) is 0 Å². The third-order valence-electron chi connectivity index (χ3n) is 5.82. The Morgan fingerprint density at radius 1 is 1.03 bits per heavy atom. The molecule has 0 aromatic heterocycles. The molecule has 0 spiro atoms. The first-order valence-corrected chi connectivity index (χ1v) is 12.8. The third kappa shape index (κ3) is 6.35. The molecule has 2 aliphatic rings. The highest BCUT2D eigenvalue weighted by molar-refractivity contribution is 7.88. The highest BCUT2D eigenvalue weighted by atomic mass is 32.2. The maximum absolute atomic E-state index is 13.2. The van der Waals surface area contributed by atoms with Crippen LogP contribution >= 0.6 is 0 Å². The van der Waals surface area contributed by atoms with Crippen molar-refractivity contribution in [1.29, 1.82) is 0 Å². The number of sulfonamides is 1. The molecule has 0 bridgehead atoms. The van der Waals surface area contributed by atoms with E-state index in [1.54, 1.807) is 4.90 Å². The van der Waals surface area contributed by atoms with E-state index in [9.17, 15) is 18.0 Å². The summed E-state index contributed by atoms with van der Waals surface area (Å²) in [7, 11) is -3.25. The third-order valence-corrected chi connectivity index (χ3v) is 7.13. The number of nitrogens with zero attached hydrogens (tertiary/aromatic N) is 3. The minimum atomic E-state index is -3.25. The van der Waals surface area contributed by atoms with Crippen LogP contribution in [0, 0.1) is 5.92 Å². The number of hydrogen-bond acceptors (Lipinski definition) is 5. The molecule has 0 unspecified atom stereocenters. The maximum Gasteiger partial charge on any atom is 0.407 e. The van der Waals surface area contributed by atoms with Crippen LogP contribution < -0.4 is 5.32 Å².